The fourth-order valence-electron chi connectivity index (χ4n) is 1.59. The second-order valence-corrected chi connectivity index (χ2v) is 4.08. The normalized spacial score (nSPS) is 9.94. The third kappa shape index (κ3) is 2.79. The zero-order valence-electron chi connectivity index (χ0n) is 9.36. The highest BCUT2D eigenvalue weighted by Crippen LogP contribution is 2.21. The fourth-order valence-corrected chi connectivity index (χ4v) is 1.84. The molecule has 4 heteroatoms. The minimum Gasteiger partial charge on any atom is -0.352 e. The Morgan fingerprint density at radius 2 is 1.94 bits per heavy atom. The number of H-pyrrole nitrogens is 1. The number of rotatable bonds is 2. The molecule has 0 saturated carbocycles. The molecule has 2 rings (SSSR count). The summed E-state index contributed by atoms with van der Waals surface area (Å²) in [6.45, 7) is 1.49. The summed E-state index contributed by atoms with van der Waals surface area (Å²) in [7, 11) is 0. The summed E-state index contributed by atoms with van der Waals surface area (Å²) in [5, 5.41) is 2.73. The van der Waals surface area contributed by atoms with E-state index in [1.54, 1.807) is 6.20 Å². The van der Waals surface area contributed by atoms with E-state index in [1.165, 1.54) is 6.92 Å². The highest BCUT2D eigenvalue weighted by atomic mass is 32.1. The van der Waals surface area contributed by atoms with Gasteiger partial charge in [-0.1, -0.05) is 24.4 Å². The Morgan fingerprint density at radius 1 is 1.24 bits per heavy atom. The average Bonchev–Trinajstić information content (AvgIpc) is 2.30. The smallest absolute Gasteiger partial charge is 0.221 e. The highest BCUT2D eigenvalue weighted by molar-refractivity contribution is 7.71. The minimum atomic E-state index is -0.0743. The van der Waals surface area contributed by atoms with Crippen LogP contribution >= 0.6 is 12.2 Å². The van der Waals surface area contributed by atoms with E-state index in [0.717, 1.165) is 16.8 Å². The van der Waals surface area contributed by atoms with Crippen molar-refractivity contribution in [3.8, 4) is 11.1 Å². The third-order valence-electron chi connectivity index (χ3n) is 2.33. The Hall–Kier alpha value is -1.94. The van der Waals surface area contributed by atoms with Crippen LogP contribution in [0.4, 0.5) is 5.69 Å². The van der Waals surface area contributed by atoms with E-state index in [-0.39, 0.29) is 5.91 Å². The van der Waals surface area contributed by atoms with Gasteiger partial charge in [-0.2, -0.15) is 0 Å². The summed E-state index contributed by atoms with van der Waals surface area (Å²) in [6, 6.07) is 11.5. The number of hydrogen-bond donors (Lipinski definition) is 2. The first-order chi connectivity index (χ1) is 8.16. The lowest BCUT2D eigenvalue weighted by molar-refractivity contribution is -0.114. The number of amides is 1. The molecular formula is C13H12N2OS. The maximum absolute atomic E-state index is 10.9. The van der Waals surface area contributed by atoms with Gasteiger partial charge in [0, 0.05) is 24.4 Å². The zero-order chi connectivity index (χ0) is 12.3. The van der Waals surface area contributed by atoms with E-state index in [4.69, 9.17) is 12.2 Å². The molecule has 0 aliphatic rings. The number of aromatic amines is 1. The van der Waals surface area contributed by atoms with Crippen LogP contribution in [0.1, 0.15) is 6.92 Å². The Morgan fingerprint density at radius 3 is 2.53 bits per heavy atom. The van der Waals surface area contributed by atoms with Crippen molar-refractivity contribution in [1.82, 2.24) is 4.98 Å². The van der Waals surface area contributed by atoms with Gasteiger partial charge in [0.2, 0.25) is 5.91 Å². The number of anilines is 1. The number of carbonyl (C=O) groups excluding carboxylic acids is 1. The Bertz CT molecular complexity index is 587. The van der Waals surface area contributed by atoms with E-state index in [2.05, 4.69) is 10.3 Å². The molecule has 0 spiro atoms. The van der Waals surface area contributed by atoms with Gasteiger partial charge in [-0.05, 0) is 29.8 Å². The molecule has 0 fully saturated rings. The summed E-state index contributed by atoms with van der Waals surface area (Å²) in [5.74, 6) is -0.0743. The molecule has 0 unspecified atom stereocenters. The summed E-state index contributed by atoms with van der Waals surface area (Å²) in [4.78, 5) is 13.9. The van der Waals surface area contributed by atoms with E-state index in [1.807, 2.05) is 36.4 Å². The molecule has 0 saturated heterocycles. The summed E-state index contributed by atoms with van der Waals surface area (Å²) < 4.78 is 0.708. The minimum absolute atomic E-state index is 0.0743. The van der Waals surface area contributed by atoms with Crippen LogP contribution in [0.3, 0.4) is 0 Å². The van der Waals surface area contributed by atoms with Crippen LogP contribution in [0.25, 0.3) is 11.1 Å². The SMILES string of the molecule is CC(=O)Nc1ccc(-c2ccc[nH]c2=S)cc1. The molecular weight excluding hydrogens is 232 g/mol. The first-order valence-corrected chi connectivity index (χ1v) is 5.63. The van der Waals surface area contributed by atoms with Gasteiger partial charge in [0.05, 0.1) is 0 Å². The zero-order valence-corrected chi connectivity index (χ0v) is 10.2. The molecule has 0 radical (unpaired) electrons. The van der Waals surface area contributed by atoms with Gasteiger partial charge in [0.25, 0.3) is 0 Å². The molecule has 0 aliphatic carbocycles. The first kappa shape index (κ1) is 11.5. The van der Waals surface area contributed by atoms with Crippen molar-refractivity contribution in [3.63, 3.8) is 0 Å². The van der Waals surface area contributed by atoms with Crippen LogP contribution in [0.15, 0.2) is 42.6 Å². The molecule has 1 aromatic carbocycles. The second-order valence-electron chi connectivity index (χ2n) is 3.67. The predicted octanol–water partition coefficient (Wildman–Crippen LogP) is 3.37. The van der Waals surface area contributed by atoms with Gasteiger partial charge in [-0.15, -0.1) is 0 Å². The van der Waals surface area contributed by atoms with Crippen molar-refractivity contribution in [2.75, 3.05) is 5.32 Å². The van der Waals surface area contributed by atoms with E-state index in [9.17, 15) is 4.79 Å². The van der Waals surface area contributed by atoms with Crippen LogP contribution in [0.2, 0.25) is 0 Å². The molecule has 17 heavy (non-hydrogen) atoms. The highest BCUT2D eigenvalue weighted by Gasteiger charge is 2.00. The van der Waals surface area contributed by atoms with Crippen molar-refractivity contribution >= 4 is 23.8 Å². The lowest BCUT2D eigenvalue weighted by Crippen LogP contribution is -2.05. The molecule has 0 bridgehead atoms. The predicted molar refractivity (Wildman–Crippen MR) is 71.4 cm³/mol. The molecule has 2 N–H and O–H groups in total. The van der Waals surface area contributed by atoms with E-state index < -0.39 is 0 Å². The topological polar surface area (TPSA) is 44.9 Å². The standard InChI is InChI=1S/C13H12N2OS/c1-9(16)15-11-6-4-10(5-7-11)12-3-2-8-14-13(12)17/h2-8H,1H3,(H,14,17)(H,15,16). The Kier molecular flexibility index (Phi) is 3.35. The van der Waals surface area contributed by atoms with Crippen molar-refractivity contribution in [1.29, 1.82) is 0 Å². The fraction of sp³-hybridized carbons (Fsp3) is 0.0769. The number of hydrogen-bond acceptors (Lipinski definition) is 2. The molecule has 3 nitrogen and oxygen atoms in total. The van der Waals surface area contributed by atoms with Gasteiger partial charge in [0.15, 0.2) is 0 Å². The number of pyridine rings is 1. The third-order valence-corrected chi connectivity index (χ3v) is 2.67. The number of nitrogens with one attached hydrogen (secondary N) is 2. The average molecular weight is 244 g/mol. The monoisotopic (exact) mass is 244 g/mol. The molecule has 86 valence electrons. The molecule has 2 aromatic rings. The van der Waals surface area contributed by atoms with Crippen molar-refractivity contribution in [3.05, 3.63) is 47.2 Å². The molecule has 0 atom stereocenters. The van der Waals surface area contributed by atoms with Gasteiger partial charge < -0.3 is 10.3 Å². The second kappa shape index (κ2) is 4.93. The van der Waals surface area contributed by atoms with E-state index in [0.29, 0.717) is 4.64 Å². The summed E-state index contributed by atoms with van der Waals surface area (Å²) in [5.41, 5.74) is 2.80. The van der Waals surface area contributed by atoms with Gasteiger partial charge in [-0.25, -0.2) is 0 Å². The van der Waals surface area contributed by atoms with Crippen LogP contribution < -0.4 is 5.32 Å². The van der Waals surface area contributed by atoms with E-state index >= 15 is 0 Å². The molecule has 1 aromatic heterocycles. The van der Waals surface area contributed by atoms with Crippen LogP contribution in [-0.2, 0) is 4.79 Å². The number of aromatic nitrogens is 1. The lowest BCUT2D eigenvalue weighted by atomic mass is 10.1. The summed E-state index contributed by atoms with van der Waals surface area (Å²) >= 11 is 5.21. The summed E-state index contributed by atoms with van der Waals surface area (Å²) in [6.07, 6.45) is 1.80. The number of carbonyl (C=O) groups is 1. The van der Waals surface area contributed by atoms with Crippen LogP contribution in [-0.4, -0.2) is 10.9 Å². The largest absolute Gasteiger partial charge is 0.352 e. The van der Waals surface area contributed by atoms with Gasteiger partial charge >= 0.3 is 0 Å². The van der Waals surface area contributed by atoms with Crippen molar-refractivity contribution in [2.24, 2.45) is 0 Å². The molecule has 1 amide bonds. The van der Waals surface area contributed by atoms with Crippen LogP contribution in [0.5, 0.6) is 0 Å². The lowest BCUT2D eigenvalue weighted by Gasteiger charge is -2.04. The molecule has 0 aliphatic heterocycles. The number of benzene rings is 1. The van der Waals surface area contributed by atoms with Crippen molar-refractivity contribution < 1.29 is 4.79 Å². The van der Waals surface area contributed by atoms with Gasteiger partial charge in [-0.3, -0.25) is 4.79 Å². The maximum Gasteiger partial charge on any atom is 0.221 e. The quantitative estimate of drug-likeness (QED) is 0.795. The molecule has 1 heterocycles. The first-order valence-electron chi connectivity index (χ1n) is 5.22. The van der Waals surface area contributed by atoms with Crippen LogP contribution in [0, 0.1) is 4.64 Å². The van der Waals surface area contributed by atoms with Crippen molar-refractivity contribution in [2.45, 2.75) is 6.92 Å². The Balaban J connectivity index is 2.33. The maximum atomic E-state index is 10.9. The Labute approximate surface area is 105 Å². The van der Waals surface area contributed by atoms with Gasteiger partial charge in [0.1, 0.15) is 4.64 Å².